The van der Waals surface area contributed by atoms with Crippen molar-refractivity contribution in [3.8, 4) is 0 Å². The zero-order valence-electron chi connectivity index (χ0n) is 9.80. The number of fused-ring (bicyclic) bond motifs is 1. The van der Waals surface area contributed by atoms with E-state index in [9.17, 15) is 18.4 Å². The van der Waals surface area contributed by atoms with E-state index in [4.69, 9.17) is 0 Å². The predicted octanol–water partition coefficient (Wildman–Crippen LogP) is 1.17. The van der Waals surface area contributed by atoms with Gasteiger partial charge < -0.3 is 5.32 Å². The SMILES string of the molecule is CNCCCN1C(=O)c2cc(F)c(F)cc2C1=O. The van der Waals surface area contributed by atoms with Crippen LogP contribution in [0.3, 0.4) is 0 Å². The minimum absolute atomic E-state index is 0.0663. The Balaban J connectivity index is 2.26. The molecule has 2 rings (SSSR count). The first kappa shape index (κ1) is 12.6. The van der Waals surface area contributed by atoms with Crippen molar-refractivity contribution in [1.82, 2.24) is 10.2 Å². The van der Waals surface area contributed by atoms with Crippen molar-refractivity contribution in [2.24, 2.45) is 0 Å². The fourth-order valence-corrected chi connectivity index (χ4v) is 1.90. The minimum Gasteiger partial charge on any atom is -0.320 e. The van der Waals surface area contributed by atoms with Crippen molar-refractivity contribution in [1.29, 1.82) is 0 Å². The normalized spacial score (nSPS) is 14.3. The molecule has 0 unspecified atom stereocenters. The topological polar surface area (TPSA) is 49.4 Å². The van der Waals surface area contributed by atoms with Crippen molar-refractivity contribution in [2.45, 2.75) is 6.42 Å². The number of benzene rings is 1. The van der Waals surface area contributed by atoms with Crippen LogP contribution in [0.15, 0.2) is 12.1 Å². The Labute approximate surface area is 103 Å². The summed E-state index contributed by atoms with van der Waals surface area (Å²) in [6.45, 7) is 0.882. The van der Waals surface area contributed by atoms with Crippen LogP contribution >= 0.6 is 0 Å². The number of amides is 2. The van der Waals surface area contributed by atoms with E-state index in [0.717, 1.165) is 17.0 Å². The molecule has 96 valence electrons. The van der Waals surface area contributed by atoms with E-state index < -0.39 is 23.4 Å². The van der Waals surface area contributed by atoms with E-state index in [0.29, 0.717) is 13.0 Å². The second kappa shape index (κ2) is 4.81. The number of imide groups is 1. The predicted molar refractivity (Wildman–Crippen MR) is 60.3 cm³/mol. The molecule has 1 aromatic carbocycles. The lowest BCUT2D eigenvalue weighted by atomic mass is 10.1. The average Bonchev–Trinajstić information content (AvgIpc) is 2.56. The Morgan fingerprint density at radius 3 is 2.06 bits per heavy atom. The van der Waals surface area contributed by atoms with Crippen LogP contribution in [-0.4, -0.2) is 36.9 Å². The van der Waals surface area contributed by atoms with Gasteiger partial charge in [-0.25, -0.2) is 8.78 Å². The summed E-state index contributed by atoms with van der Waals surface area (Å²) in [5.41, 5.74) is -0.133. The summed E-state index contributed by atoms with van der Waals surface area (Å²) < 4.78 is 26.1. The summed E-state index contributed by atoms with van der Waals surface area (Å²) >= 11 is 0. The number of carbonyl (C=O) groups excluding carboxylic acids is 2. The fourth-order valence-electron chi connectivity index (χ4n) is 1.90. The lowest BCUT2D eigenvalue weighted by molar-refractivity contribution is 0.0652. The van der Waals surface area contributed by atoms with Gasteiger partial charge in [-0.05, 0) is 32.1 Å². The Morgan fingerprint density at radius 2 is 1.61 bits per heavy atom. The monoisotopic (exact) mass is 254 g/mol. The van der Waals surface area contributed by atoms with Crippen molar-refractivity contribution in [3.63, 3.8) is 0 Å². The van der Waals surface area contributed by atoms with Crippen LogP contribution in [0.25, 0.3) is 0 Å². The highest BCUT2D eigenvalue weighted by Gasteiger charge is 2.36. The van der Waals surface area contributed by atoms with Gasteiger partial charge in [0.05, 0.1) is 11.1 Å². The molecule has 1 aromatic rings. The van der Waals surface area contributed by atoms with Gasteiger partial charge in [-0.15, -0.1) is 0 Å². The van der Waals surface area contributed by atoms with Crippen molar-refractivity contribution in [3.05, 3.63) is 34.9 Å². The third kappa shape index (κ3) is 1.99. The number of carbonyl (C=O) groups is 2. The number of nitrogens with zero attached hydrogens (tertiary/aromatic N) is 1. The number of halogens is 2. The summed E-state index contributed by atoms with van der Waals surface area (Å²) in [4.78, 5) is 24.7. The molecule has 0 fully saturated rings. The van der Waals surface area contributed by atoms with Gasteiger partial charge in [-0.3, -0.25) is 14.5 Å². The largest absolute Gasteiger partial charge is 0.320 e. The van der Waals surface area contributed by atoms with Gasteiger partial charge in [0.15, 0.2) is 11.6 Å². The molecule has 0 saturated carbocycles. The first-order valence-electron chi connectivity index (χ1n) is 5.56. The zero-order valence-corrected chi connectivity index (χ0v) is 9.80. The molecule has 0 spiro atoms. The molecule has 2 amide bonds. The number of hydrogen-bond acceptors (Lipinski definition) is 3. The van der Waals surface area contributed by atoms with E-state index >= 15 is 0 Å². The van der Waals surface area contributed by atoms with Gasteiger partial charge in [-0.1, -0.05) is 0 Å². The molecule has 0 bridgehead atoms. The zero-order chi connectivity index (χ0) is 13.3. The molecule has 0 aliphatic carbocycles. The summed E-state index contributed by atoms with van der Waals surface area (Å²) in [6.07, 6.45) is 0.590. The molecule has 6 heteroatoms. The van der Waals surface area contributed by atoms with Crippen LogP contribution in [0.4, 0.5) is 8.78 Å². The summed E-state index contributed by atoms with van der Waals surface area (Å²) in [5, 5.41) is 2.89. The molecule has 18 heavy (non-hydrogen) atoms. The van der Waals surface area contributed by atoms with Crippen molar-refractivity contribution in [2.75, 3.05) is 20.1 Å². The minimum atomic E-state index is -1.12. The molecule has 1 N–H and O–H groups in total. The maximum absolute atomic E-state index is 13.0. The van der Waals surface area contributed by atoms with E-state index in [1.54, 1.807) is 7.05 Å². The van der Waals surface area contributed by atoms with Crippen molar-refractivity contribution < 1.29 is 18.4 Å². The van der Waals surface area contributed by atoms with Gasteiger partial charge in [0.25, 0.3) is 11.8 Å². The van der Waals surface area contributed by atoms with Crippen LogP contribution in [-0.2, 0) is 0 Å². The number of nitrogens with one attached hydrogen (secondary N) is 1. The molecule has 1 aliphatic heterocycles. The molecule has 1 aliphatic rings. The molecular weight excluding hydrogens is 242 g/mol. The van der Waals surface area contributed by atoms with Crippen molar-refractivity contribution >= 4 is 11.8 Å². The molecular formula is C12H12F2N2O2. The summed E-state index contributed by atoms with van der Waals surface area (Å²) in [7, 11) is 1.76. The van der Waals surface area contributed by atoms with Crippen LogP contribution in [0.1, 0.15) is 27.1 Å². The second-order valence-corrected chi connectivity index (χ2v) is 4.03. The van der Waals surface area contributed by atoms with E-state index in [2.05, 4.69) is 5.32 Å². The molecule has 0 saturated heterocycles. The van der Waals surface area contributed by atoms with Crippen LogP contribution < -0.4 is 5.32 Å². The Kier molecular flexibility index (Phi) is 3.38. The highest BCUT2D eigenvalue weighted by atomic mass is 19.2. The van der Waals surface area contributed by atoms with Crippen LogP contribution in [0, 0.1) is 11.6 Å². The van der Waals surface area contributed by atoms with Gasteiger partial charge in [0.2, 0.25) is 0 Å². The maximum atomic E-state index is 13.0. The number of rotatable bonds is 4. The quantitative estimate of drug-likeness (QED) is 0.648. The second-order valence-electron chi connectivity index (χ2n) is 4.03. The third-order valence-corrected chi connectivity index (χ3v) is 2.82. The lowest BCUT2D eigenvalue weighted by Gasteiger charge is -2.12. The first-order valence-corrected chi connectivity index (χ1v) is 5.56. The number of hydrogen-bond donors (Lipinski definition) is 1. The highest BCUT2D eigenvalue weighted by Crippen LogP contribution is 2.25. The molecule has 0 aromatic heterocycles. The van der Waals surface area contributed by atoms with Gasteiger partial charge in [0.1, 0.15) is 0 Å². The molecule has 0 radical (unpaired) electrons. The average molecular weight is 254 g/mol. The Morgan fingerprint density at radius 1 is 1.11 bits per heavy atom. The Bertz CT molecular complexity index is 476. The van der Waals surface area contributed by atoms with E-state index in [1.807, 2.05) is 0 Å². The molecule has 0 atom stereocenters. The standard InChI is InChI=1S/C12H12F2N2O2/c1-15-3-2-4-16-11(17)7-5-9(13)10(14)6-8(7)12(16)18/h5-6,15H,2-4H2,1H3. The van der Waals surface area contributed by atoms with Gasteiger partial charge in [0, 0.05) is 6.54 Å². The van der Waals surface area contributed by atoms with Crippen LogP contribution in [0.2, 0.25) is 0 Å². The van der Waals surface area contributed by atoms with Gasteiger partial charge >= 0.3 is 0 Å². The maximum Gasteiger partial charge on any atom is 0.261 e. The fraction of sp³-hybridized carbons (Fsp3) is 0.333. The first-order chi connectivity index (χ1) is 8.56. The smallest absolute Gasteiger partial charge is 0.261 e. The van der Waals surface area contributed by atoms with E-state index in [1.165, 1.54) is 0 Å². The summed E-state index contributed by atoms with van der Waals surface area (Å²) in [5.74, 6) is -3.37. The molecule has 1 heterocycles. The molecule has 4 nitrogen and oxygen atoms in total. The lowest BCUT2D eigenvalue weighted by Crippen LogP contribution is -2.32. The third-order valence-electron chi connectivity index (χ3n) is 2.82. The van der Waals surface area contributed by atoms with Gasteiger partial charge in [-0.2, -0.15) is 0 Å². The Hall–Kier alpha value is -1.82. The van der Waals surface area contributed by atoms with Crippen LogP contribution in [0.5, 0.6) is 0 Å². The summed E-state index contributed by atoms with van der Waals surface area (Å²) in [6, 6.07) is 1.56. The van der Waals surface area contributed by atoms with E-state index in [-0.39, 0.29) is 17.7 Å². The highest BCUT2D eigenvalue weighted by molar-refractivity contribution is 6.21.